The van der Waals surface area contributed by atoms with Crippen LogP contribution in [0.5, 0.6) is 0 Å². The maximum absolute atomic E-state index is 12.7. The molecule has 4 aliphatic rings. The number of imidazole rings is 1. The van der Waals surface area contributed by atoms with Crippen molar-refractivity contribution in [2.75, 3.05) is 44.3 Å². The molecule has 0 saturated carbocycles. The highest BCUT2D eigenvalue weighted by Crippen LogP contribution is 2.31. The molecule has 6 rings (SSSR count). The summed E-state index contributed by atoms with van der Waals surface area (Å²) in [5, 5.41) is 0. The van der Waals surface area contributed by atoms with Gasteiger partial charge in [0, 0.05) is 49.2 Å². The molecule has 1 aromatic carbocycles. The molecule has 4 heterocycles. The number of nitrogens with zero attached hydrogens (tertiary/aromatic N) is 3. The van der Waals surface area contributed by atoms with E-state index in [1.165, 1.54) is 18.5 Å². The van der Waals surface area contributed by atoms with Gasteiger partial charge in [0.15, 0.2) is 0 Å². The number of aromatic nitrogens is 3. The standard InChI is InChI=1S/C25H27N5O2/c31-25-23(19-4-2-1-3-5-20(19)28-25)24-26-21-7-6-18(16-22(21)27-24)29-10-8-17(9-11-29)30-12-14-32-15-13-30/h1-7,16-17H,8-15H2,(H,26,27)(H,28,31). The highest BCUT2D eigenvalue weighted by molar-refractivity contribution is 5.87. The summed E-state index contributed by atoms with van der Waals surface area (Å²) in [6, 6.07) is 16.7. The second kappa shape index (κ2) is 8.07. The van der Waals surface area contributed by atoms with Crippen LogP contribution in [-0.4, -0.2) is 65.3 Å². The molecule has 3 aliphatic heterocycles. The summed E-state index contributed by atoms with van der Waals surface area (Å²) in [5.74, 6) is 0.616. The smallest absolute Gasteiger partial charge is 0.260 e. The molecule has 32 heavy (non-hydrogen) atoms. The van der Waals surface area contributed by atoms with Gasteiger partial charge in [-0.05, 0) is 37.1 Å². The van der Waals surface area contributed by atoms with Crippen molar-refractivity contribution in [3.63, 3.8) is 0 Å². The summed E-state index contributed by atoms with van der Waals surface area (Å²) in [7, 11) is 0. The molecule has 7 nitrogen and oxygen atoms in total. The SMILES string of the molecule is O=c1[nH]c2cccccc-2c1-c1nc2ccc(N3CCC(N4CCOCC4)CC3)cc2[nH]1. The average Bonchev–Trinajstić information content (AvgIpc) is 3.30. The molecule has 2 saturated heterocycles. The monoisotopic (exact) mass is 429 g/mol. The van der Waals surface area contributed by atoms with Crippen LogP contribution >= 0.6 is 0 Å². The molecule has 164 valence electrons. The van der Waals surface area contributed by atoms with Gasteiger partial charge >= 0.3 is 0 Å². The van der Waals surface area contributed by atoms with Crippen LogP contribution in [0.4, 0.5) is 5.69 Å². The Morgan fingerprint density at radius 1 is 0.938 bits per heavy atom. The first-order valence-electron chi connectivity index (χ1n) is 11.4. The molecule has 0 spiro atoms. The summed E-state index contributed by atoms with van der Waals surface area (Å²) in [5.41, 5.74) is 5.23. The maximum atomic E-state index is 12.7. The number of rotatable bonds is 3. The predicted octanol–water partition coefficient (Wildman–Crippen LogP) is 3.32. The minimum atomic E-state index is -0.115. The van der Waals surface area contributed by atoms with Crippen LogP contribution in [0.2, 0.25) is 0 Å². The highest BCUT2D eigenvalue weighted by atomic mass is 16.5. The first kappa shape index (κ1) is 19.5. The lowest BCUT2D eigenvalue weighted by Crippen LogP contribution is -2.49. The van der Waals surface area contributed by atoms with Crippen molar-refractivity contribution in [1.82, 2.24) is 19.9 Å². The highest BCUT2D eigenvalue weighted by Gasteiger charge is 2.26. The Bertz CT molecular complexity index is 1260. The van der Waals surface area contributed by atoms with Gasteiger partial charge in [0.2, 0.25) is 0 Å². The van der Waals surface area contributed by atoms with Crippen molar-refractivity contribution in [1.29, 1.82) is 0 Å². The molecular weight excluding hydrogens is 402 g/mol. The number of nitrogens with one attached hydrogen (secondary N) is 2. The number of ether oxygens (including phenoxy) is 1. The van der Waals surface area contributed by atoms with Crippen LogP contribution in [0.15, 0.2) is 53.3 Å². The van der Waals surface area contributed by atoms with E-state index >= 15 is 0 Å². The van der Waals surface area contributed by atoms with E-state index < -0.39 is 0 Å². The summed E-state index contributed by atoms with van der Waals surface area (Å²) >= 11 is 0. The molecule has 0 atom stereocenters. The van der Waals surface area contributed by atoms with Gasteiger partial charge in [-0.1, -0.05) is 24.3 Å². The van der Waals surface area contributed by atoms with Gasteiger partial charge in [0.25, 0.3) is 5.56 Å². The maximum Gasteiger partial charge on any atom is 0.260 e. The Morgan fingerprint density at radius 3 is 2.59 bits per heavy atom. The zero-order valence-electron chi connectivity index (χ0n) is 18.0. The number of anilines is 1. The number of benzene rings is 1. The number of hydrogen-bond donors (Lipinski definition) is 2. The van der Waals surface area contributed by atoms with Crippen molar-refractivity contribution in [3.8, 4) is 22.6 Å². The van der Waals surface area contributed by atoms with Crippen molar-refractivity contribution in [3.05, 3.63) is 58.9 Å². The molecule has 1 aromatic heterocycles. The minimum absolute atomic E-state index is 0.115. The van der Waals surface area contributed by atoms with Crippen LogP contribution < -0.4 is 10.5 Å². The van der Waals surface area contributed by atoms with Crippen LogP contribution in [0.25, 0.3) is 33.7 Å². The molecule has 0 unspecified atom stereocenters. The lowest BCUT2D eigenvalue weighted by Gasteiger charge is -2.40. The summed E-state index contributed by atoms with van der Waals surface area (Å²) in [6.07, 6.45) is 2.36. The van der Waals surface area contributed by atoms with E-state index in [4.69, 9.17) is 9.72 Å². The average molecular weight is 430 g/mol. The van der Waals surface area contributed by atoms with Gasteiger partial charge in [-0.2, -0.15) is 0 Å². The molecule has 2 fully saturated rings. The van der Waals surface area contributed by atoms with Gasteiger partial charge in [-0.15, -0.1) is 0 Å². The van der Waals surface area contributed by atoms with Crippen molar-refractivity contribution >= 4 is 16.7 Å². The Hall–Kier alpha value is -3.16. The van der Waals surface area contributed by atoms with Crippen LogP contribution in [0.3, 0.4) is 0 Å². The molecule has 0 amide bonds. The Labute approximate surface area is 186 Å². The fourth-order valence-corrected chi connectivity index (χ4v) is 5.16. The normalized spacial score (nSPS) is 18.6. The fraction of sp³-hybridized carbons (Fsp3) is 0.360. The molecule has 7 heteroatoms. The van der Waals surface area contributed by atoms with E-state index in [2.05, 4.69) is 38.0 Å². The number of hydrogen-bond acceptors (Lipinski definition) is 5. The third-order valence-corrected chi connectivity index (χ3v) is 6.88. The first-order valence-corrected chi connectivity index (χ1v) is 11.4. The second-order valence-electron chi connectivity index (χ2n) is 8.72. The van der Waals surface area contributed by atoms with E-state index in [-0.39, 0.29) is 5.56 Å². The Kier molecular flexibility index (Phi) is 4.92. The first-order chi connectivity index (χ1) is 15.8. The molecule has 1 aliphatic carbocycles. The van der Waals surface area contributed by atoms with Gasteiger partial charge in [-0.25, -0.2) is 4.98 Å². The number of piperidine rings is 1. The van der Waals surface area contributed by atoms with Crippen molar-refractivity contribution < 1.29 is 4.74 Å². The topological polar surface area (TPSA) is 77.2 Å². The lowest BCUT2D eigenvalue weighted by molar-refractivity contribution is 0.0115. The van der Waals surface area contributed by atoms with Crippen molar-refractivity contribution in [2.45, 2.75) is 18.9 Å². The second-order valence-corrected chi connectivity index (χ2v) is 8.72. The predicted molar refractivity (Wildman–Crippen MR) is 126 cm³/mol. The summed E-state index contributed by atoms with van der Waals surface area (Å²) < 4.78 is 5.50. The number of aromatic amines is 2. The molecule has 0 radical (unpaired) electrons. The lowest BCUT2D eigenvalue weighted by atomic mass is 10.0. The van der Waals surface area contributed by atoms with Gasteiger partial charge in [0.1, 0.15) is 5.82 Å². The number of morpholine rings is 1. The molecule has 0 bridgehead atoms. The van der Waals surface area contributed by atoms with E-state index in [0.29, 0.717) is 17.4 Å². The van der Waals surface area contributed by atoms with E-state index in [9.17, 15) is 4.79 Å². The van der Waals surface area contributed by atoms with Gasteiger partial charge < -0.3 is 19.6 Å². The quantitative estimate of drug-likeness (QED) is 0.522. The zero-order valence-corrected chi connectivity index (χ0v) is 18.0. The van der Waals surface area contributed by atoms with Crippen LogP contribution in [-0.2, 0) is 4.74 Å². The largest absolute Gasteiger partial charge is 0.379 e. The van der Waals surface area contributed by atoms with Crippen LogP contribution in [0.1, 0.15) is 12.8 Å². The van der Waals surface area contributed by atoms with E-state index in [0.717, 1.165) is 61.7 Å². The summed E-state index contributed by atoms with van der Waals surface area (Å²) in [4.78, 5) is 28.8. The third kappa shape index (κ3) is 3.47. The third-order valence-electron chi connectivity index (χ3n) is 6.88. The van der Waals surface area contributed by atoms with Gasteiger partial charge in [0.05, 0.1) is 29.8 Å². The summed E-state index contributed by atoms with van der Waals surface area (Å²) in [6.45, 7) is 5.94. The molecular formula is C25H27N5O2. The van der Waals surface area contributed by atoms with Crippen LogP contribution in [0, 0.1) is 0 Å². The molecule has 2 N–H and O–H groups in total. The fourth-order valence-electron chi connectivity index (χ4n) is 5.16. The number of fused-ring (bicyclic) bond motifs is 2. The Morgan fingerprint density at radius 2 is 1.75 bits per heavy atom. The van der Waals surface area contributed by atoms with Crippen molar-refractivity contribution in [2.24, 2.45) is 0 Å². The van der Waals surface area contributed by atoms with E-state index in [1.54, 1.807) is 0 Å². The molecule has 2 aromatic rings. The van der Waals surface area contributed by atoms with Gasteiger partial charge in [-0.3, -0.25) is 9.69 Å². The Balaban J connectivity index is 1.25. The minimum Gasteiger partial charge on any atom is -0.379 e. The number of H-pyrrole nitrogens is 2. The van der Waals surface area contributed by atoms with E-state index in [1.807, 2.05) is 30.3 Å². The zero-order chi connectivity index (χ0) is 21.5.